The van der Waals surface area contributed by atoms with Crippen LogP contribution >= 0.6 is 0 Å². The molecule has 4 heteroatoms. The molecule has 0 bridgehead atoms. The Balaban J connectivity index is 1.96. The zero-order valence-electron chi connectivity index (χ0n) is 10.2. The monoisotopic (exact) mass is 234 g/mol. The van der Waals surface area contributed by atoms with Gasteiger partial charge in [0.25, 0.3) is 0 Å². The number of ether oxygens (including phenoxy) is 1. The van der Waals surface area contributed by atoms with E-state index >= 15 is 0 Å². The summed E-state index contributed by atoms with van der Waals surface area (Å²) in [5.41, 5.74) is 1.46. The fraction of sp³-hybridized carbons (Fsp3) is 0.538. The van der Waals surface area contributed by atoms with Crippen molar-refractivity contribution in [2.45, 2.75) is 32.6 Å². The van der Waals surface area contributed by atoms with Crippen molar-refractivity contribution < 1.29 is 14.8 Å². The van der Waals surface area contributed by atoms with Gasteiger partial charge in [0.1, 0.15) is 5.75 Å². The summed E-state index contributed by atoms with van der Waals surface area (Å²) in [6.07, 6.45) is 5.18. The van der Waals surface area contributed by atoms with E-state index in [0.29, 0.717) is 11.4 Å². The van der Waals surface area contributed by atoms with Crippen LogP contribution in [0.4, 0.5) is 0 Å². The van der Waals surface area contributed by atoms with Crippen molar-refractivity contribution in [2.75, 3.05) is 6.61 Å². The largest absolute Gasteiger partial charge is 0.493 e. The van der Waals surface area contributed by atoms with Crippen molar-refractivity contribution in [3.8, 4) is 5.75 Å². The highest BCUT2D eigenvalue weighted by molar-refractivity contribution is 6.58. The van der Waals surface area contributed by atoms with Crippen LogP contribution < -0.4 is 10.2 Å². The van der Waals surface area contributed by atoms with Gasteiger partial charge in [-0.15, -0.1) is 0 Å². The van der Waals surface area contributed by atoms with E-state index in [1.807, 2.05) is 13.0 Å². The molecule has 0 unspecified atom stereocenters. The van der Waals surface area contributed by atoms with Crippen molar-refractivity contribution in [1.29, 1.82) is 0 Å². The molecule has 0 aliphatic heterocycles. The van der Waals surface area contributed by atoms with E-state index in [4.69, 9.17) is 14.8 Å². The third-order valence-corrected chi connectivity index (χ3v) is 3.45. The molecule has 0 atom stereocenters. The molecule has 1 fully saturated rings. The minimum atomic E-state index is -1.41. The highest BCUT2D eigenvalue weighted by Crippen LogP contribution is 2.26. The molecular formula is C13H19BO3. The maximum atomic E-state index is 9.06. The van der Waals surface area contributed by atoms with Crippen LogP contribution in [0.25, 0.3) is 0 Å². The zero-order chi connectivity index (χ0) is 12.3. The molecule has 92 valence electrons. The smallest absolute Gasteiger partial charge is 0.488 e. The van der Waals surface area contributed by atoms with Gasteiger partial charge < -0.3 is 14.8 Å². The van der Waals surface area contributed by atoms with Gasteiger partial charge >= 0.3 is 7.12 Å². The molecule has 17 heavy (non-hydrogen) atoms. The zero-order valence-corrected chi connectivity index (χ0v) is 10.2. The summed E-state index contributed by atoms with van der Waals surface area (Å²) in [5.74, 6) is 1.54. The van der Waals surface area contributed by atoms with Crippen LogP contribution in [0.15, 0.2) is 18.2 Å². The quantitative estimate of drug-likeness (QED) is 0.770. The van der Waals surface area contributed by atoms with Crippen molar-refractivity contribution in [3.05, 3.63) is 23.8 Å². The van der Waals surface area contributed by atoms with Crippen LogP contribution in [0.1, 0.15) is 31.2 Å². The van der Waals surface area contributed by atoms with E-state index in [2.05, 4.69) is 0 Å². The van der Waals surface area contributed by atoms with Crippen LogP contribution in [0.5, 0.6) is 5.75 Å². The summed E-state index contributed by atoms with van der Waals surface area (Å²) < 4.78 is 5.79. The minimum Gasteiger partial charge on any atom is -0.493 e. The normalized spacial score (nSPS) is 16.2. The molecule has 2 rings (SSSR count). The van der Waals surface area contributed by atoms with Crippen molar-refractivity contribution in [2.24, 2.45) is 5.92 Å². The molecule has 1 aromatic rings. The number of hydrogen-bond acceptors (Lipinski definition) is 3. The van der Waals surface area contributed by atoms with Crippen molar-refractivity contribution in [1.82, 2.24) is 0 Å². The first-order valence-corrected chi connectivity index (χ1v) is 6.26. The molecule has 0 spiro atoms. The Hall–Kier alpha value is -0.995. The van der Waals surface area contributed by atoms with Gasteiger partial charge in [0.2, 0.25) is 0 Å². The minimum absolute atomic E-state index is 0.510. The van der Waals surface area contributed by atoms with E-state index < -0.39 is 7.12 Å². The van der Waals surface area contributed by atoms with Crippen LogP contribution in [-0.2, 0) is 0 Å². The molecule has 0 saturated heterocycles. The standard InChI is InChI=1S/C13H19BO3/c1-10-8-12(14(15)16)6-7-13(10)17-9-11-4-2-3-5-11/h6-8,11,15-16H,2-5,9H2,1H3. The number of hydrogen-bond donors (Lipinski definition) is 2. The second kappa shape index (κ2) is 5.56. The molecule has 2 N–H and O–H groups in total. The maximum Gasteiger partial charge on any atom is 0.488 e. The summed E-state index contributed by atoms with van der Waals surface area (Å²) in [4.78, 5) is 0. The third-order valence-electron chi connectivity index (χ3n) is 3.45. The lowest BCUT2D eigenvalue weighted by molar-refractivity contribution is 0.251. The van der Waals surface area contributed by atoms with Gasteiger partial charge in [-0.1, -0.05) is 25.0 Å². The molecule has 1 aromatic carbocycles. The molecular weight excluding hydrogens is 215 g/mol. The molecule has 0 heterocycles. The Bertz CT molecular complexity index is 373. The molecule has 1 aliphatic rings. The van der Waals surface area contributed by atoms with Crippen LogP contribution in [0.3, 0.4) is 0 Å². The van der Waals surface area contributed by atoms with Crippen LogP contribution in [-0.4, -0.2) is 23.8 Å². The van der Waals surface area contributed by atoms with Crippen molar-refractivity contribution >= 4 is 12.6 Å². The Morgan fingerprint density at radius 2 is 2.00 bits per heavy atom. The fourth-order valence-corrected chi connectivity index (χ4v) is 2.38. The van der Waals surface area contributed by atoms with E-state index in [1.54, 1.807) is 12.1 Å². The highest BCUT2D eigenvalue weighted by Gasteiger charge is 2.16. The molecule has 0 aromatic heterocycles. The second-order valence-corrected chi connectivity index (χ2v) is 4.86. The summed E-state index contributed by atoms with van der Waals surface area (Å²) in [7, 11) is -1.41. The summed E-state index contributed by atoms with van der Waals surface area (Å²) in [6, 6.07) is 5.27. The number of benzene rings is 1. The Labute approximate surface area is 103 Å². The topological polar surface area (TPSA) is 49.7 Å². The van der Waals surface area contributed by atoms with Crippen molar-refractivity contribution in [3.63, 3.8) is 0 Å². The van der Waals surface area contributed by atoms with Crippen LogP contribution in [0, 0.1) is 12.8 Å². The third kappa shape index (κ3) is 3.24. The average molecular weight is 234 g/mol. The number of aryl methyl sites for hydroxylation is 1. The molecule has 0 amide bonds. The van der Waals surface area contributed by atoms with Gasteiger partial charge in [-0.3, -0.25) is 0 Å². The van der Waals surface area contributed by atoms with E-state index in [-0.39, 0.29) is 0 Å². The summed E-state index contributed by atoms with van der Waals surface area (Å²) >= 11 is 0. The Morgan fingerprint density at radius 3 is 2.59 bits per heavy atom. The maximum absolute atomic E-state index is 9.06. The van der Waals surface area contributed by atoms with Gasteiger partial charge in [0.15, 0.2) is 0 Å². The predicted molar refractivity (Wildman–Crippen MR) is 68.5 cm³/mol. The van der Waals surface area contributed by atoms with Gasteiger partial charge in [-0.25, -0.2) is 0 Å². The lowest BCUT2D eigenvalue weighted by Crippen LogP contribution is -2.29. The molecule has 1 saturated carbocycles. The second-order valence-electron chi connectivity index (χ2n) is 4.86. The lowest BCUT2D eigenvalue weighted by atomic mass is 9.79. The van der Waals surface area contributed by atoms with Gasteiger partial charge in [0.05, 0.1) is 6.61 Å². The van der Waals surface area contributed by atoms with E-state index in [0.717, 1.165) is 17.9 Å². The highest BCUT2D eigenvalue weighted by atomic mass is 16.5. The Morgan fingerprint density at radius 1 is 1.29 bits per heavy atom. The lowest BCUT2D eigenvalue weighted by Gasteiger charge is -2.14. The number of rotatable bonds is 4. The van der Waals surface area contributed by atoms with Gasteiger partial charge in [0, 0.05) is 0 Å². The summed E-state index contributed by atoms with van der Waals surface area (Å²) in [5, 5.41) is 18.1. The molecule has 3 nitrogen and oxygen atoms in total. The fourth-order valence-electron chi connectivity index (χ4n) is 2.38. The van der Waals surface area contributed by atoms with Crippen LogP contribution in [0.2, 0.25) is 0 Å². The first-order chi connectivity index (χ1) is 8.16. The predicted octanol–water partition coefficient (Wildman–Crippen LogP) is 1.24. The average Bonchev–Trinajstić information content (AvgIpc) is 2.80. The van der Waals surface area contributed by atoms with E-state index in [1.165, 1.54) is 25.7 Å². The van der Waals surface area contributed by atoms with E-state index in [9.17, 15) is 0 Å². The van der Waals surface area contributed by atoms with Gasteiger partial charge in [-0.2, -0.15) is 0 Å². The van der Waals surface area contributed by atoms with Gasteiger partial charge in [-0.05, 0) is 42.8 Å². The Kier molecular flexibility index (Phi) is 4.08. The molecule has 0 radical (unpaired) electrons. The first kappa shape index (κ1) is 12.5. The SMILES string of the molecule is Cc1cc(B(O)O)ccc1OCC1CCCC1. The first-order valence-electron chi connectivity index (χ1n) is 6.26. The summed E-state index contributed by atoms with van der Waals surface area (Å²) in [6.45, 7) is 2.71. The molecule has 1 aliphatic carbocycles.